The Bertz CT molecular complexity index is 808. The van der Waals surface area contributed by atoms with Gasteiger partial charge in [0.2, 0.25) is 0 Å². The van der Waals surface area contributed by atoms with E-state index in [1.165, 1.54) is 13.0 Å². The van der Waals surface area contributed by atoms with Gasteiger partial charge in [0.05, 0.1) is 10.7 Å². The third kappa shape index (κ3) is 5.75. The molecule has 0 aliphatic carbocycles. The molecule has 8 heteroatoms. The Morgan fingerprint density at radius 3 is 2.50 bits per heavy atom. The Labute approximate surface area is 160 Å². The van der Waals surface area contributed by atoms with Gasteiger partial charge in [-0.25, -0.2) is 4.79 Å². The summed E-state index contributed by atoms with van der Waals surface area (Å²) in [7, 11) is 0. The number of carbonyl (C=O) groups is 3. The Hall–Kier alpha value is -2.57. The number of aldehydes is 1. The van der Waals surface area contributed by atoms with Crippen molar-refractivity contribution >= 4 is 47.1 Å². The van der Waals surface area contributed by atoms with Crippen LogP contribution in [0.3, 0.4) is 0 Å². The molecular weight excluding hydrogens is 381 g/mol. The fraction of sp³-hybridized carbons (Fsp3) is 0.167. The van der Waals surface area contributed by atoms with Crippen molar-refractivity contribution in [1.29, 1.82) is 0 Å². The van der Waals surface area contributed by atoms with Crippen LogP contribution in [0.4, 0.5) is 5.69 Å². The number of carbonyl (C=O) groups excluding carboxylic acids is 3. The largest absolute Gasteiger partial charge is 0.482 e. The van der Waals surface area contributed by atoms with Gasteiger partial charge in [0.15, 0.2) is 12.7 Å². The Kier molecular flexibility index (Phi) is 7.00. The van der Waals surface area contributed by atoms with Crippen molar-refractivity contribution in [3.05, 3.63) is 58.1 Å². The molecule has 0 aliphatic rings. The summed E-state index contributed by atoms with van der Waals surface area (Å²) >= 11 is 11.8. The molecule has 0 fully saturated rings. The minimum atomic E-state index is -1.06. The SMILES string of the molecule is C[C@H](OC(=O)COc1ccc(C=O)cc1)C(=O)Nc1cc(Cl)ccc1Cl. The lowest BCUT2D eigenvalue weighted by Crippen LogP contribution is -2.31. The summed E-state index contributed by atoms with van der Waals surface area (Å²) in [6, 6.07) is 10.8. The van der Waals surface area contributed by atoms with Crippen molar-refractivity contribution in [2.75, 3.05) is 11.9 Å². The van der Waals surface area contributed by atoms with Crippen LogP contribution in [0, 0.1) is 0 Å². The monoisotopic (exact) mass is 395 g/mol. The zero-order valence-corrected chi connectivity index (χ0v) is 15.2. The first-order valence-electron chi connectivity index (χ1n) is 7.52. The highest BCUT2D eigenvalue weighted by Gasteiger charge is 2.19. The van der Waals surface area contributed by atoms with E-state index in [0.717, 1.165) is 0 Å². The van der Waals surface area contributed by atoms with E-state index in [1.54, 1.807) is 36.4 Å². The minimum absolute atomic E-state index is 0.309. The van der Waals surface area contributed by atoms with Crippen LogP contribution in [0.5, 0.6) is 5.75 Å². The van der Waals surface area contributed by atoms with Crippen molar-refractivity contribution < 1.29 is 23.9 Å². The summed E-state index contributed by atoms with van der Waals surface area (Å²) in [5.74, 6) is -0.877. The fourth-order valence-electron chi connectivity index (χ4n) is 1.90. The first-order valence-corrected chi connectivity index (χ1v) is 8.28. The van der Waals surface area contributed by atoms with Gasteiger partial charge in [0, 0.05) is 10.6 Å². The predicted octanol–water partition coefficient (Wildman–Crippen LogP) is 3.76. The number of nitrogens with one attached hydrogen (secondary N) is 1. The molecule has 0 bridgehead atoms. The molecule has 136 valence electrons. The van der Waals surface area contributed by atoms with E-state index in [2.05, 4.69) is 5.32 Å². The Balaban J connectivity index is 1.84. The number of rotatable bonds is 7. The van der Waals surface area contributed by atoms with E-state index < -0.39 is 18.0 Å². The van der Waals surface area contributed by atoms with Gasteiger partial charge in [-0.15, -0.1) is 0 Å². The van der Waals surface area contributed by atoms with Gasteiger partial charge in [-0.1, -0.05) is 23.2 Å². The molecule has 0 aliphatic heterocycles. The molecule has 0 saturated heterocycles. The van der Waals surface area contributed by atoms with Crippen LogP contribution in [0.1, 0.15) is 17.3 Å². The summed E-state index contributed by atoms with van der Waals surface area (Å²) in [4.78, 5) is 34.5. The van der Waals surface area contributed by atoms with E-state index >= 15 is 0 Å². The summed E-state index contributed by atoms with van der Waals surface area (Å²) in [6.45, 7) is 1.04. The Morgan fingerprint density at radius 2 is 1.85 bits per heavy atom. The molecule has 0 spiro atoms. The van der Waals surface area contributed by atoms with E-state index in [4.69, 9.17) is 32.7 Å². The van der Waals surface area contributed by atoms with Crippen LogP contribution in [-0.2, 0) is 14.3 Å². The Morgan fingerprint density at radius 1 is 1.15 bits per heavy atom. The second kappa shape index (κ2) is 9.22. The summed E-state index contributed by atoms with van der Waals surface area (Å²) in [6.07, 6.45) is -0.358. The van der Waals surface area contributed by atoms with Crippen LogP contribution < -0.4 is 10.1 Å². The zero-order chi connectivity index (χ0) is 19.1. The first kappa shape index (κ1) is 19.8. The predicted molar refractivity (Wildman–Crippen MR) is 98.0 cm³/mol. The van der Waals surface area contributed by atoms with Crippen LogP contribution in [0.2, 0.25) is 10.0 Å². The summed E-state index contributed by atoms with van der Waals surface area (Å²) in [5, 5.41) is 3.25. The lowest BCUT2D eigenvalue weighted by Gasteiger charge is -2.14. The zero-order valence-electron chi connectivity index (χ0n) is 13.7. The average Bonchev–Trinajstić information content (AvgIpc) is 2.63. The number of halogens is 2. The number of hydrogen-bond acceptors (Lipinski definition) is 5. The van der Waals surface area contributed by atoms with Crippen LogP contribution in [-0.4, -0.2) is 30.9 Å². The highest BCUT2D eigenvalue weighted by atomic mass is 35.5. The van der Waals surface area contributed by atoms with E-state index in [0.29, 0.717) is 33.3 Å². The minimum Gasteiger partial charge on any atom is -0.482 e. The molecule has 1 N–H and O–H groups in total. The number of hydrogen-bond donors (Lipinski definition) is 1. The fourth-order valence-corrected chi connectivity index (χ4v) is 2.23. The standard InChI is InChI=1S/C18H15Cl2NO5/c1-11(18(24)21-16-8-13(19)4-7-15(16)20)26-17(23)10-25-14-5-2-12(9-22)3-6-14/h2-9,11H,10H2,1H3,(H,21,24)/t11-/m0/s1. The molecule has 2 rings (SSSR count). The third-order valence-corrected chi connectivity index (χ3v) is 3.80. The summed E-state index contributed by atoms with van der Waals surface area (Å²) < 4.78 is 10.3. The molecular formula is C18H15Cl2NO5. The normalized spacial score (nSPS) is 11.3. The second-order valence-corrected chi connectivity index (χ2v) is 6.06. The molecule has 0 saturated carbocycles. The van der Waals surface area contributed by atoms with Gasteiger partial charge in [0.1, 0.15) is 12.0 Å². The molecule has 2 aromatic rings. The number of amides is 1. The quantitative estimate of drug-likeness (QED) is 0.570. The average molecular weight is 396 g/mol. The molecule has 1 amide bonds. The van der Waals surface area contributed by atoms with Gasteiger partial charge in [-0.3, -0.25) is 9.59 Å². The summed E-state index contributed by atoms with van der Waals surface area (Å²) in [5.41, 5.74) is 0.809. The molecule has 0 heterocycles. The molecule has 26 heavy (non-hydrogen) atoms. The maximum absolute atomic E-state index is 12.1. The molecule has 0 unspecified atom stereocenters. The van der Waals surface area contributed by atoms with Gasteiger partial charge in [0.25, 0.3) is 5.91 Å². The number of benzene rings is 2. The van der Waals surface area contributed by atoms with Crippen LogP contribution in [0.15, 0.2) is 42.5 Å². The number of anilines is 1. The number of ether oxygens (including phenoxy) is 2. The van der Waals surface area contributed by atoms with Gasteiger partial charge < -0.3 is 14.8 Å². The van der Waals surface area contributed by atoms with Crippen molar-refractivity contribution in [3.63, 3.8) is 0 Å². The van der Waals surface area contributed by atoms with Crippen molar-refractivity contribution in [3.8, 4) is 5.75 Å². The highest BCUT2D eigenvalue weighted by molar-refractivity contribution is 6.35. The van der Waals surface area contributed by atoms with E-state index in [-0.39, 0.29) is 6.61 Å². The van der Waals surface area contributed by atoms with Gasteiger partial charge in [-0.05, 0) is 49.4 Å². The number of esters is 1. The lowest BCUT2D eigenvalue weighted by molar-refractivity contribution is -0.155. The first-order chi connectivity index (χ1) is 12.4. The maximum atomic E-state index is 12.1. The topological polar surface area (TPSA) is 81.7 Å². The van der Waals surface area contributed by atoms with E-state index in [9.17, 15) is 14.4 Å². The molecule has 6 nitrogen and oxygen atoms in total. The lowest BCUT2D eigenvalue weighted by atomic mass is 10.2. The van der Waals surface area contributed by atoms with Gasteiger partial charge in [-0.2, -0.15) is 0 Å². The van der Waals surface area contributed by atoms with E-state index in [1.807, 2.05) is 0 Å². The highest BCUT2D eigenvalue weighted by Crippen LogP contribution is 2.25. The molecule has 1 atom stereocenters. The second-order valence-electron chi connectivity index (χ2n) is 5.22. The van der Waals surface area contributed by atoms with Crippen LogP contribution in [0.25, 0.3) is 0 Å². The maximum Gasteiger partial charge on any atom is 0.344 e. The van der Waals surface area contributed by atoms with Crippen molar-refractivity contribution in [1.82, 2.24) is 0 Å². The van der Waals surface area contributed by atoms with Crippen LogP contribution >= 0.6 is 23.2 Å². The molecule has 0 radical (unpaired) electrons. The smallest absolute Gasteiger partial charge is 0.344 e. The molecule has 0 aromatic heterocycles. The van der Waals surface area contributed by atoms with Crippen molar-refractivity contribution in [2.45, 2.75) is 13.0 Å². The third-order valence-electron chi connectivity index (χ3n) is 3.24. The van der Waals surface area contributed by atoms with Gasteiger partial charge >= 0.3 is 5.97 Å². The molecule has 2 aromatic carbocycles. The van der Waals surface area contributed by atoms with Crippen molar-refractivity contribution in [2.24, 2.45) is 0 Å².